The number of β-lactam (4-membered cyclic amide) rings is 1. The van der Waals surface area contributed by atoms with Gasteiger partial charge >= 0.3 is 12.0 Å². The van der Waals surface area contributed by atoms with Crippen LogP contribution >= 0.6 is 23.5 Å². The van der Waals surface area contributed by atoms with Crippen molar-refractivity contribution in [1.29, 1.82) is 0 Å². The number of nitrogens with zero attached hydrogens (tertiary/aromatic N) is 4. The highest BCUT2D eigenvalue weighted by Gasteiger charge is 2.54. The lowest BCUT2D eigenvalue weighted by atomic mass is 10.0. The maximum absolute atomic E-state index is 13.1. The normalized spacial score (nSPS) is 23.1. The van der Waals surface area contributed by atoms with Gasteiger partial charge in [0.05, 0.1) is 31.5 Å². The largest absolute Gasteiger partial charge is 0.484 e. The molecule has 20 heteroatoms. The third-order valence-electron chi connectivity index (χ3n) is 8.49. The van der Waals surface area contributed by atoms with E-state index < -0.39 is 29.2 Å². The van der Waals surface area contributed by atoms with E-state index in [9.17, 15) is 28.8 Å². The number of esters is 1. The lowest BCUT2D eigenvalue weighted by Gasteiger charge is -2.49. The van der Waals surface area contributed by atoms with Crippen molar-refractivity contribution in [3.05, 3.63) is 53.5 Å². The Labute approximate surface area is 306 Å². The number of rotatable bonds is 17. The molecule has 2 aromatic rings. The van der Waals surface area contributed by atoms with E-state index in [1.54, 1.807) is 43.0 Å². The molecule has 5 N–H and O–H groups in total. The van der Waals surface area contributed by atoms with Crippen LogP contribution in [0.15, 0.2) is 47.8 Å². The van der Waals surface area contributed by atoms with Crippen LogP contribution in [0.2, 0.25) is 0 Å². The van der Waals surface area contributed by atoms with E-state index in [1.165, 1.54) is 27.5 Å². The van der Waals surface area contributed by atoms with Crippen LogP contribution in [0.4, 0.5) is 4.79 Å². The predicted molar refractivity (Wildman–Crippen MR) is 186 cm³/mol. The number of nitrogens with one attached hydrogen (secondary N) is 5. The summed E-state index contributed by atoms with van der Waals surface area (Å²) in [5, 5.41) is 21.4. The fourth-order valence-corrected chi connectivity index (χ4v) is 8.76. The molecule has 3 saturated heterocycles. The number of urea groups is 1. The summed E-state index contributed by atoms with van der Waals surface area (Å²) in [7, 11) is 0. The highest BCUT2D eigenvalue weighted by Crippen LogP contribution is 2.40. The fraction of sp³-hybridized carbons (Fsp3) is 0.500. The molecular formula is C32H39N9O9S2. The number of aromatic nitrogens is 3. The van der Waals surface area contributed by atoms with Gasteiger partial charge in [-0.3, -0.25) is 24.1 Å². The standard InChI is InChI=1S/C32H39N9O9S2/c1-18-16-52-30-27(36-25(44)15-49-20-5-3-2-4-6-20)29(45)41(30)28(18)31(46)50-14-19-12-40(39-38-19)13-24(43)34-8-10-48-9-7-33-23(42)11-22-26-21(17-51-22)35-32(47)37-26/h2-6,12,21-22,26-27,30H,7-11,13-17H2,1H3,(H,33,42)(H,34,43)(H,36,44)(H2,35,37,47)/t21-,22-,26-,27+,30+/m0/s1. The van der Waals surface area contributed by atoms with Crippen molar-refractivity contribution in [1.82, 2.24) is 46.5 Å². The van der Waals surface area contributed by atoms with Gasteiger partial charge in [-0.2, -0.15) is 11.8 Å². The van der Waals surface area contributed by atoms with Gasteiger partial charge in [0.25, 0.3) is 11.8 Å². The van der Waals surface area contributed by atoms with Crippen molar-refractivity contribution in [2.75, 3.05) is 44.4 Å². The number of fused-ring (bicyclic) bond motifs is 2. The Morgan fingerprint density at radius 2 is 1.77 bits per heavy atom. The third-order valence-corrected chi connectivity index (χ3v) is 11.4. The average Bonchev–Trinajstić information content (AvgIpc) is 3.85. The SMILES string of the molecule is CC1=C(C(=O)OCc2cn(CC(=O)NCCOCCNC(=O)C[C@@H]3SC[C@@H]4NC(=O)N[C@@H]43)nn2)N2C(=O)[C@@H](NC(=O)COc3ccccc3)[C@H]2SC1. The first kappa shape index (κ1) is 37.0. The van der Waals surface area contributed by atoms with Crippen LogP contribution in [0, 0.1) is 0 Å². The quantitative estimate of drug-likeness (QED) is 0.0559. The minimum Gasteiger partial charge on any atom is -0.484 e. The molecule has 278 valence electrons. The molecule has 3 fully saturated rings. The second kappa shape index (κ2) is 17.1. The summed E-state index contributed by atoms with van der Waals surface area (Å²) in [6.45, 7) is 2.23. The number of carbonyl (C=O) groups excluding carboxylic acids is 6. The van der Waals surface area contributed by atoms with E-state index in [2.05, 4.69) is 36.9 Å². The summed E-state index contributed by atoms with van der Waals surface area (Å²) < 4.78 is 17.7. The van der Waals surface area contributed by atoms with E-state index in [0.717, 1.165) is 5.75 Å². The summed E-state index contributed by atoms with van der Waals surface area (Å²) in [5.41, 5.74) is 1.11. The van der Waals surface area contributed by atoms with Gasteiger partial charge in [0.2, 0.25) is 11.8 Å². The zero-order valence-electron chi connectivity index (χ0n) is 28.2. The number of thioether (sulfide) groups is 2. The number of carbonyl (C=O) groups is 6. The summed E-state index contributed by atoms with van der Waals surface area (Å²) in [6.07, 6.45) is 1.79. The maximum atomic E-state index is 13.1. The molecule has 0 aliphatic carbocycles. The highest BCUT2D eigenvalue weighted by molar-refractivity contribution is 8.00. The van der Waals surface area contributed by atoms with Crippen LogP contribution in [0.3, 0.4) is 0 Å². The zero-order valence-corrected chi connectivity index (χ0v) is 29.8. The number of hydrogen-bond donors (Lipinski definition) is 5. The van der Waals surface area contributed by atoms with Crippen LogP contribution < -0.4 is 31.3 Å². The van der Waals surface area contributed by atoms with Gasteiger partial charge in [-0.15, -0.1) is 16.9 Å². The smallest absolute Gasteiger partial charge is 0.355 e. The van der Waals surface area contributed by atoms with Crippen molar-refractivity contribution in [2.24, 2.45) is 0 Å². The van der Waals surface area contributed by atoms with E-state index in [4.69, 9.17) is 14.2 Å². The van der Waals surface area contributed by atoms with Crippen LogP contribution in [0.1, 0.15) is 19.0 Å². The molecule has 1 aromatic carbocycles. The zero-order chi connectivity index (χ0) is 36.6. The lowest BCUT2D eigenvalue weighted by Crippen LogP contribution is -2.70. The van der Waals surface area contributed by atoms with E-state index in [0.29, 0.717) is 35.7 Å². The summed E-state index contributed by atoms with van der Waals surface area (Å²) in [6, 6.07) is 7.89. The first-order valence-electron chi connectivity index (χ1n) is 16.6. The van der Waals surface area contributed by atoms with Crippen LogP contribution in [0.25, 0.3) is 0 Å². The number of amides is 6. The van der Waals surface area contributed by atoms with Crippen molar-refractivity contribution in [3.63, 3.8) is 0 Å². The maximum Gasteiger partial charge on any atom is 0.355 e. The fourth-order valence-electron chi connectivity index (χ4n) is 5.98. The monoisotopic (exact) mass is 757 g/mol. The molecule has 52 heavy (non-hydrogen) atoms. The van der Waals surface area contributed by atoms with Crippen molar-refractivity contribution in [2.45, 2.75) is 55.2 Å². The second-order valence-electron chi connectivity index (χ2n) is 12.3. The Balaban J connectivity index is 0.841. The molecule has 0 saturated carbocycles. The number of ether oxygens (including phenoxy) is 3. The van der Waals surface area contributed by atoms with Crippen molar-refractivity contribution >= 4 is 59.2 Å². The minimum atomic E-state index is -0.796. The van der Waals surface area contributed by atoms with Gasteiger partial charge in [0.15, 0.2) is 6.61 Å². The van der Waals surface area contributed by atoms with Gasteiger partial charge in [-0.05, 0) is 24.6 Å². The van der Waals surface area contributed by atoms with Gasteiger partial charge < -0.3 is 40.8 Å². The van der Waals surface area contributed by atoms with Crippen molar-refractivity contribution < 1.29 is 43.0 Å². The molecule has 4 aliphatic rings. The molecule has 18 nitrogen and oxygen atoms in total. The molecule has 6 rings (SSSR count). The third kappa shape index (κ3) is 9.15. The molecule has 5 atom stereocenters. The topological polar surface area (TPSA) is 224 Å². The second-order valence-corrected chi connectivity index (χ2v) is 14.7. The lowest BCUT2D eigenvalue weighted by molar-refractivity contribution is -0.153. The Morgan fingerprint density at radius 1 is 1.00 bits per heavy atom. The van der Waals surface area contributed by atoms with Gasteiger partial charge in [0.1, 0.15) is 41.7 Å². The molecular weight excluding hydrogens is 719 g/mol. The molecule has 4 aliphatic heterocycles. The molecule has 6 amide bonds. The molecule has 0 unspecified atom stereocenters. The minimum absolute atomic E-state index is 0.0306. The molecule has 5 heterocycles. The van der Waals surface area contributed by atoms with Gasteiger partial charge in [0, 0.05) is 36.3 Å². The average molecular weight is 758 g/mol. The van der Waals surface area contributed by atoms with E-state index in [1.807, 2.05) is 6.07 Å². The molecule has 0 bridgehead atoms. The summed E-state index contributed by atoms with van der Waals surface area (Å²) in [4.78, 5) is 76.0. The molecule has 0 spiro atoms. The van der Waals surface area contributed by atoms with Crippen LogP contribution in [0.5, 0.6) is 5.75 Å². The summed E-state index contributed by atoms with van der Waals surface area (Å²) >= 11 is 3.10. The Kier molecular flexibility index (Phi) is 12.2. The van der Waals surface area contributed by atoms with Crippen LogP contribution in [-0.2, 0) is 46.6 Å². The van der Waals surface area contributed by atoms with Crippen molar-refractivity contribution in [3.8, 4) is 5.75 Å². The Morgan fingerprint density at radius 3 is 2.56 bits per heavy atom. The van der Waals surface area contributed by atoms with Gasteiger partial charge in [-0.1, -0.05) is 23.4 Å². The van der Waals surface area contributed by atoms with E-state index >= 15 is 0 Å². The number of para-hydroxylation sites is 1. The number of hydrogen-bond acceptors (Lipinski definition) is 13. The Hall–Kier alpha value is -4.82. The molecule has 0 radical (unpaired) electrons. The first-order chi connectivity index (χ1) is 25.2. The summed E-state index contributed by atoms with van der Waals surface area (Å²) in [5.74, 6) is -0.229. The Bertz CT molecular complexity index is 1710. The van der Waals surface area contributed by atoms with E-state index in [-0.39, 0.29) is 80.4 Å². The first-order valence-corrected chi connectivity index (χ1v) is 18.7. The number of benzene rings is 1. The predicted octanol–water partition coefficient (Wildman–Crippen LogP) is -1.12. The van der Waals surface area contributed by atoms with Crippen LogP contribution in [-0.4, -0.2) is 129 Å². The highest BCUT2D eigenvalue weighted by atomic mass is 32.2. The molecule has 1 aromatic heterocycles. The van der Waals surface area contributed by atoms with Gasteiger partial charge in [-0.25, -0.2) is 14.3 Å².